The predicted molar refractivity (Wildman–Crippen MR) is 102 cm³/mol. The molecule has 4 nitrogen and oxygen atoms in total. The molecule has 142 valence electrons. The maximum absolute atomic E-state index is 5.90. The highest BCUT2D eigenvalue weighted by Gasteiger charge is 2.34. The summed E-state index contributed by atoms with van der Waals surface area (Å²) < 4.78 is 11.8. The lowest BCUT2D eigenvalue weighted by Crippen LogP contribution is -2.43. The van der Waals surface area contributed by atoms with E-state index >= 15 is 0 Å². The van der Waals surface area contributed by atoms with Crippen molar-refractivity contribution < 1.29 is 9.47 Å². The summed E-state index contributed by atoms with van der Waals surface area (Å²) in [7, 11) is 0. The summed E-state index contributed by atoms with van der Waals surface area (Å²) in [6, 6.07) is 0. The lowest BCUT2D eigenvalue weighted by Gasteiger charge is -2.32. The molecule has 0 radical (unpaired) electrons. The Hall–Kier alpha value is 0.420. The van der Waals surface area contributed by atoms with Gasteiger partial charge in [0.1, 0.15) is 0 Å². The summed E-state index contributed by atoms with van der Waals surface area (Å²) in [5.74, 6) is 0. The Labute approximate surface area is 159 Å². The molecule has 0 amide bonds. The molecular weight excluding hydrogens is 347 g/mol. The Morgan fingerprint density at radius 2 is 0.875 bits per heavy atom. The normalized spacial score (nSPS) is 35.5. The third-order valence-corrected chi connectivity index (χ3v) is 5.94. The van der Waals surface area contributed by atoms with Crippen molar-refractivity contribution >= 4 is 24.8 Å². The third kappa shape index (κ3) is 5.46. The summed E-state index contributed by atoms with van der Waals surface area (Å²) in [4.78, 5) is 5.29. The molecule has 0 N–H and O–H groups in total. The van der Waals surface area contributed by atoms with Crippen LogP contribution in [0.4, 0.5) is 0 Å². The molecule has 4 aliphatic heterocycles. The van der Waals surface area contributed by atoms with Crippen LogP contribution in [-0.4, -0.2) is 73.5 Å². The molecule has 4 aliphatic rings. The molecule has 4 bridgehead atoms. The van der Waals surface area contributed by atoms with Crippen LogP contribution < -0.4 is 0 Å². The Balaban J connectivity index is 0.00000104. The van der Waals surface area contributed by atoms with Crippen LogP contribution in [0.25, 0.3) is 0 Å². The van der Waals surface area contributed by atoms with Crippen LogP contribution in [0.15, 0.2) is 0 Å². The van der Waals surface area contributed by atoms with Gasteiger partial charge in [-0.25, -0.2) is 0 Å². The molecule has 0 aromatic carbocycles. The lowest BCUT2D eigenvalue weighted by atomic mass is 10.1. The number of hydrogen-bond donors (Lipinski definition) is 0. The summed E-state index contributed by atoms with van der Waals surface area (Å²) in [5.41, 5.74) is 0. The molecule has 4 saturated heterocycles. The van der Waals surface area contributed by atoms with Gasteiger partial charge >= 0.3 is 0 Å². The summed E-state index contributed by atoms with van der Waals surface area (Å²) >= 11 is 0. The Kier molecular flexibility index (Phi) is 8.58. The number of morpholine rings is 2. The van der Waals surface area contributed by atoms with E-state index in [0.29, 0.717) is 24.4 Å². The first kappa shape index (κ1) is 20.7. The quantitative estimate of drug-likeness (QED) is 0.633. The molecule has 4 fully saturated rings. The predicted octanol–water partition coefficient (Wildman–Crippen LogP) is 3.12. The second-order valence-corrected chi connectivity index (χ2v) is 7.85. The van der Waals surface area contributed by atoms with Gasteiger partial charge < -0.3 is 9.47 Å². The van der Waals surface area contributed by atoms with Crippen LogP contribution in [-0.2, 0) is 9.47 Å². The Morgan fingerprint density at radius 1 is 0.542 bits per heavy atom. The highest BCUT2D eigenvalue weighted by atomic mass is 35.5. The van der Waals surface area contributed by atoms with E-state index in [0.717, 1.165) is 0 Å². The first-order valence-electron chi connectivity index (χ1n) is 9.61. The maximum Gasteiger partial charge on any atom is 0.0707 e. The van der Waals surface area contributed by atoms with E-state index in [9.17, 15) is 0 Å². The van der Waals surface area contributed by atoms with Gasteiger partial charge in [-0.3, -0.25) is 9.80 Å². The largest absolute Gasteiger partial charge is 0.372 e. The van der Waals surface area contributed by atoms with Crippen LogP contribution in [0, 0.1) is 0 Å². The van der Waals surface area contributed by atoms with E-state index in [1.807, 2.05) is 0 Å². The van der Waals surface area contributed by atoms with E-state index in [1.54, 1.807) is 0 Å². The zero-order chi connectivity index (χ0) is 14.8. The molecule has 0 saturated carbocycles. The second-order valence-electron chi connectivity index (χ2n) is 7.85. The first-order valence-corrected chi connectivity index (χ1v) is 9.61. The number of unbranched alkanes of at least 4 members (excludes halogenated alkanes) is 3. The van der Waals surface area contributed by atoms with Gasteiger partial charge in [-0.1, -0.05) is 12.8 Å². The van der Waals surface area contributed by atoms with Crippen molar-refractivity contribution in [3.63, 3.8) is 0 Å². The number of rotatable bonds is 7. The minimum Gasteiger partial charge on any atom is -0.372 e. The SMILES string of the molecule is C(CCCN1CC2CCC(C1)O2)CCN1CC2CCC(C1)O2.Cl.Cl. The van der Waals surface area contributed by atoms with Crippen LogP contribution in [0.2, 0.25) is 0 Å². The molecule has 0 aliphatic carbocycles. The molecule has 4 heterocycles. The second kappa shape index (κ2) is 9.94. The zero-order valence-electron chi connectivity index (χ0n) is 14.7. The van der Waals surface area contributed by atoms with Gasteiger partial charge in [0.15, 0.2) is 0 Å². The van der Waals surface area contributed by atoms with Crippen molar-refractivity contribution in [2.24, 2.45) is 0 Å². The molecule has 4 atom stereocenters. The van der Waals surface area contributed by atoms with Crippen molar-refractivity contribution in [2.45, 2.75) is 75.8 Å². The molecular formula is C18H34Cl2N2O2. The number of fused-ring (bicyclic) bond motifs is 4. The molecule has 6 heteroatoms. The number of hydrogen-bond acceptors (Lipinski definition) is 4. The zero-order valence-corrected chi connectivity index (χ0v) is 16.4. The highest BCUT2D eigenvalue weighted by Crippen LogP contribution is 2.27. The topological polar surface area (TPSA) is 24.9 Å². The van der Waals surface area contributed by atoms with Crippen molar-refractivity contribution in [3.05, 3.63) is 0 Å². The number of ether oxygens (including phenoxy) is 2. The Morgan fingerprint density at radius 3 is 1.21 bits per heavy atom. The molecule has 4 rings (SSSR count). The average molecular weight is 381 g/mol. The van der Waals surface area contributed by atoms with Crippen LogP contribution in [0.5, 0.6) is 0 Å². The highest BCUT2D eigenvalue weighted by molar-refractivity contribution is 5.85. The molecule has 24 heavy (non-hydrogen) atoms. The molecule has 4 unspecified atom stereocenters. The number of nitrogens with zero attached hydrogens (tertiary/aromatic N) is 2. The molecule has 0 aromatic rings. The smallest absolute Gasteiger partial charge is 0.0707 e. The van der Waals surface area contributed by atoms with Gasteiger partial charge in [-0.05, 0) is 51.6 Å². The van der Waals surface area contributed by atoms with E-state index in [1.165, 1.54) is 90.6 Å². The van der Waals surface area contributed by atoms with Crippen LogP contribution >= 0.6 is 24.8 Å². The van der Waals surface area contributed by atoms with E-state index < -0.39 is 0 Å². The summed E-state index contributed by atoms with van der Waals surface area (Å²) in [6.45, 7) is 7.33. The van der Waals surface area contributed by atoms with Crippen LogP contribution in [0.1, 0.15) is 51.4 Å². The van der Waals surface area contributed by atoms with Crippen molar-refractivity contribution in [1.29, 1.82) is 0 Å². The fourth-order valence-corrected chi connectivity index (χ4v) is 4.79. The third-order valence-electron chi connectivity index (χ3n) is 5.94. The van der Waals surface area contributed by atoms with Gasteiger partial charge in [-0.15, -0.1) is 24.8 Å². The van der Waals surface area contributed by atoms with Crippen molar-refractivity contribution in [3.8, 4) is 0 Å². The van der Waals surface area contributed by atoms with Gasteiger partial charge in [0.25, 0.3) is 0 Å². The van der Waals surface area contributed by atoms with Crippen LogP contribution in [0.3, 0.4) is 0 Å². The van der Waals surface area contributed by atoms with Gasteiger partial charge in [-0.2, -0.15) is 0 Å². The fourth-order valence-electron chi connectivity index (χ4n) is 4.79. The minimum atomic E-state index is 0. The van der Waals surface area contributed by atoms with E-state index in [-0.39, 0.29) is 24.8 Å². The fraction of sp³-hybridized carbons (Fsp3) is 1.00. The average Bonchev–Trinajstić information content (AvgIpc) is 3.04. The van der Waals surface area contributed by atoms with E-state index in [4.69, 9.17) is 9.47 Å². The lowest BCUT2D eigenvalue weighted by molar-refractivity contribution is -0.0397. The van der Waals surface area contributed by atoms with Crippen molar-refractivity contribution in [1.82, 2.24) is 9.80 Å². The van der Waals surface area contributed by atoms with Gasteiger partial charge in [0.2, 0.25) is 0 Å². The number of halogens is 2. The van der Waals surface area contributed by atoms with Gasteiger partial charge in [0.05, 0.1) is 24.4 Å². The molecule has 0 spiro atoms. The number of likely N-dealkylation sites (tertiary alicyclic amines) is 2. The monoisotopic (exact) mass is 380 g/mol. The maximum atomic E-state index is 5.90. The first-order chi connectivity index (χ1) is 10.8. The molecule has 0 aromatic heterocycles. The van der Waals surface area contributed by atoms with E-state index in [2.05, 4.69) is 9.80 Å². The standard InChI is InChI=1S/C18H32N2O2.2ClH/c1(3-9-19-11-15-5-6-16(12-19)21-15)2-4-10-20-13-17-7-8-18(14-20)22-17;;/h15-18H,1-14H2;2*1H. The van der Waals surface area contributed by atoms with Crippen molar-refractivity contribution in [2.75, 3.05) is 39.3 Å². The minimum absolute atomic E-state index is 0. The summed E-state index contributed by atoms with van der Waals surface area (Å²) in [5, 5.41) is 0. The van der Waals surface area contributed by atoms with Gasteiger partial charge in [0, 0.05) is 26.2 Å². The Bertz CT molecular complexity index is 317. The summed E-state index contributed by atoms with van der Waals surface area (Å²) in [6.07, 6.45) is 12.9.